The molecule has 1 aliphatic rings. The van der Waals surface area contributed by atoms with E-state index in [1.165, 1.54) is 18.9 Å². The van der Waals surface area contributed by atoms with Crippen LogP contribution in [-0.2, 0) is 23.8 Å². The Hall–Kier alpha value is -3.10. The molecule has 0 unspecified atom stereocenters. The summed E-state index contributed by atoms with van der Waals surface area (Å²) in [5.74, 6) is -3.03. The number of hydrogen-bond donors (Lipinski definition) is 6. The number of aliphatic carboxylic acids is 1. The molecule has 1 rings (SSSR count). The maximum atomic E-state index is 12.6. The van der Waals surface area contributed by atoms with Gasteiger partial charge in [0.2, 0.25) is 11.7 Å². The lowest BCUT2D eigenvalue weighted by Crippen LogP contribution is -2.61. The molecule has 0 aromatic heterocycles. The van der Waals surface area contributed by atoms with E-state index in [-0.39, 0.29) is 14.6 Å². The van der Waals surface area contributed by atoms with Crippen LogP contribution in [0.3, 0.4) is 0 Å². The number of aliphatic imine (C=N–C) groups is 1. The summed E-state index contributed by atoms with van der Waals surface area (Å²) in [6, 6.07) is -2.28. The molecule has 190 valence electrons. The van der Waals surface area contributed by atoms with E-state index in [9.17, 15) is 29.7 Å². The van der Waals surface area contributed by atoms with Crippen molar-refractivity contribution in [2.75, 3.05) is 33.4 Å². The first kappa shape index (κ1) is 27.9. The molecule has 2 amide bonds. The molecule has 0 aromatic rings. The monoisotopic (exact) mass is 479 g/mol. The molecular weight excluding hydrogens is 442 g/mol. The maximum Gasteiger partial charge on any atom is 0.410 e. The summed E-state index contributed by atoms with van der Waals surface area (Å²) < 4.78 is 16.1. The molecule has 8 N–H and O–H groups in total. The van der Waals surface area contributed by atoms with Crippen molar-refractivity contribution in [3.8, 4) is 0 Å². The fourth-order valence-corrected chi connectivity index (χ4v) is 3.01. The number of aliphatic hydroxyl groups excluding tert-OH is 2. The van der Waals surface area contributed by atoms with Gasteiger partial charge in [0.25, 0.3) is 0 Å². The number of guanidine groups is 1. The molecule has 0 spiro atoms. The van der Waals surface area contributed by atoms with E-state index in [1.54, 1.807) is 0 Å². The van der Waals surface area contributed by atoms with Crippen molar-refractivity contribution in [3.05, 3.63) is 11.8 Å². The predicted molar refractivity (Wildman–Crippen MR) is 117 cm³/mol. The van der Waals surface area contributed by atoms with Crippen LogP contribution in [0.2, 0.25) is 0 Å². The van der Waals surface area contributed by atoms with Gasteiger partial charge in [0.1, 0.15) is 6.10 Å². The van der Waals surface area contributed by atoms with Crippen LogP contribution in [0.4, 0.5) is 4.79 Å². The third kappa shape index (κ3) is 8.75. The summed E-state index contributed by atoms with van der Waals surface area (Å²) in [4.78, 5) is 41.1. The van der Waals surface area contributed by atoms with Gasteiger partial charge in [-0.25, -0.2) is 14.6 Å². The Morgan fingerprint density at radius 2 is 2.03 bits per heavy atom. The summed E-state index contributed by atoms with van der Waals surface area (Å²) >= 11 is 0. The number of nitrogens with one attached hydrogen (secondary N) is 1. The minimum absolute atomic E-state index is 0. The number of hydrogen-bond acceptors (Lipinski definition) is 9. The predicted octanol–water partition coefficient (Wildman–Crippen LogP) is -2.04. The van der Waals surface area contributed by atoms with Crippen molar-refractivity contribution in [1.29, 1.82) is 0 Å². The van der Waals surface area contributed by atoms with Crippen LogP contribution in [0.25, 0.3) is 0 Å². The minimum atomic E-state index is -1.69. The number of carboxylic acid groups (broad SMARTS) is 1. The van der Waals surface area contributed by atoms with Crippen LogP contribution in [0, 0.1) is 0 Å². The van der Waals surface area contributed by atoms with Crippen LogP contribution in [0.1, 0.15) is 21.7 Å². The standard InChI is InChI=1S/C19H33N5O9.H2/c1-4-6-31-7-5-24(3)19(30)33-15(12(27)9-25)16-14(22-10(2)26)11(23-18(20)21)8-13(32-16)17(28)29;/h8,11-12,14-16,25,27H,4-7,9H2,1-3H3,(H,22,26)(H,28,29)(H4,20,21,23);1H/t11-,12+,14+,15+,16+;/m0./s1/i;1+2. The highest BCUT2D eigenvalue weighted by atomic mass is 16.6. The molecule has 0 fully saturated rings. The Bertz CT molecular complexity index is 748. The number of nitrogens with zero attached hydrogens (tertiary/aromatic N) is 2. The Morgan fingerprint density at radius 3 is 2.55 bits per heavy atom. The molecule has 0 saturated heterocycles. The normalized spacial score (nSPS) is 21.6. The largest absolute Gasteiger partial charge is 0.477 e. The van der Waals surface area contributed by atoms with E-state index < -0.39 is 66.7 Å². The van der Waals surface area contributed by atoms with Gasteiger partial charge in [0, 0.05) is 28.5 Å². The fraction of sp³-hybridized carbons (Fsp3) is 0.684. The molecule has 0 aliphatic carbocycles. The van der Waals surface area contributed by atoms with Gasteiger partial charge in [-0.05, 0) is 12.5 Å². The Labute approximate surface area is 192 Å². The van der Waals surface area contributed by atoms with Gasteiger partial charge >= 0.3 is 12.1 Å². The average molecular weight is 480 g/mol. The third-order valence-electron chi connectivity index (χ3n) is 4.54. The first-order valence-electron chi connectivity index (χ1n) is 10.3. The minimum Gasteiger partial charge on any atom is -0.477 e. The van der Waals surface area contributed by atoms with E-state index in [2.05, 4.69) is 10.3 Å². The number of carboxylic acids is 1. The van der Waals surface area contributed by atoms with Gasteiger partial charge in [-0.15, -0.1) is 0 Å². The molecule has 5 atom stereocenters. The lowest BCUT2D eigenvalue weighted by molar-refractivity contribution is -0.146. The van der Waals surface area contributed by atoms with Crippen molar-refractivity contribution >= 4 is 23.9 Å². The van der Waals surface area contributed by atoms with Crippen molar-refractivity contribution in [3.63, 3.8) is 0 Å². The van der Waals surface area contributed by atoms with Crippen LogP contribution in [0.15, 0.2) is 16.8 Å². The quantitative estimate of drug-likeness (QED) is 0.102. The topological polar surface area (TPSA) is 219 Å². The highest BCUT2D eigenvalue weighted by molar-refractivity contribution is 5.85. The molecule has 0 aromatic carbocycles. The van der Waals surface area contributed by atoms with Crippen molar-refractivity contribution in [2.45, 2.75) is 50.7 Å². The smallest absolute Gasteiger partial charge is 0.410 e. The second-order valence-corrected chi connectivity index (χ2v) is 7.32. The Kier molecular flexibility index (Phi) is 11.4. The van der Waals surface area contributed by atoms with E-state index >= 15 is 0 Å². The Balaban J connectivity index is 0.0000109. The first-order valence-corrected chi connectivity index (χ1v) is 10.3. The van der Waals surface area contributed by atoms with Gasteiger partial charge < -0.3 is 51.2 Å². The second-order valence-electron chi connectivity index (χ2n) is 7.32. The number of rotatable bonds is 12. The highest BCUT2D eigenvalue weighted by Gasteiger charge is 2.46. The van der Waals surface area contributed by atoms with Gasteiger partial charge in [-0.2, -0.15) is 0 Å². The van der Waals surface area contributed by atoms with Crippen LogP contribution >= 0.6 is 0 Å². The van der Waals surface area contributed by atoms with Crippen molar-refractivity contribution < 1.29 is 45.3 Å². The van der Waals surface area contributed by atoms with Crippen LogP contribution in [0.5, 0.6) is 0 Å². The number of ether oxygens (including phenoxy) is 3. The fourth-order valence-electron chi connectivity index (χ4n) is 3.01. The number of nitrogens with two attached hydrogens (primary N) is 2. The SMILES string of the molecule is CCCOCCN(C)C(=O)O[C@@H]([C@@H]1OC(C(=O)O)=C[C@H](N=C(N)N)[C@H]1NC(C)=O)[C@H](O)CO.[3HH]. The summed E-state index contributed by atoms with van der Waals surface area (Å²) in [5.41, 5.74) is 10.9. The van der Waals surface area contributed by atoms with E-state index in [4.69, 9.17) is 25.7 Å². The lowest BCUT2D eigenvalue weighted by Gasteiger charge is -2.40. The molecular formula is C19H35N5O9. The number of carbonyl (C=O) groups is 3. The summed E-state index contributed by atoms with van der Waals surface area (Å²) in [6.45, 7) is 3.18. The zero-order valence-corrected chi connectivity index (χ0v) is 18.8. The van der Waals surface area contributed by atoms with Gasteiger partial charge in [-0.1, -0.05) is 6.92 Å². The first-order chi connectivity index (χ1) is 15.5. The van der Waals surface area contributed by atoms with Gasteiger partial charge in [0.15, 0.2) is 18.2 Å². The molecule has 0 saturated carbocycles. The van der Waals surface area contributed by atoms with Gasteiger partial charge in [0.05, 0.1) is 25.3 Å². The Morgan fingerprint density at radius 1 is 1.36 bits per heavy atom. The molecule has 1 aliphatic heterocycles. The maximum absolute atomic E-state index is 12.6. The molecule has 0 bridgehead atoms. The highest BCUT2D eigenvalue weighted by Crippen LogP contribution is 2.26. The molecule has 33 heavy (non-hydrogen) atoms. The molecule has 0 radical (unpaired) electrons. The average Bonchev–Trinajstić information content (AvgIpc) is 2.74. The zero-order chi connectivity index (χ0) is 25.1. The summed E-state index contributed by atoms with van der Waals surface area (Å²) in [7, 11) is 1.43. The summed E-state index contributed by atoms with van der Waals surface area (Å²) in [6.07, 6.45) is -3.78. The molecule has 1 heterocycles. The number of aliphatic hydroxyl groups is 2. The summed E-state index contributed by atoms with van der Waals surface area (Å²) in [5, 5.41) is 31.9. The van der Waals surface area contributed by atoms with Crippen molar-refractivity contribution in [2.24, 2.45) is 16.5 Å². The van der Waals surface area contributed by atoms with Crippen molar-refractivity contribution in [1.82, 2.24) is 10.2 Å². The lowest BCUT2D eigenvalue weighted by atomic mass is 9.92. The van der Waals surface area contributed by atoms with E-state index in [0.717, 1.165) is 12.5 Å². The number of amides is 2. The molecule has 14 nitrogen and oxygen atoms in total. The third-order valence-corrected chi connectivity index (χ3v) is 4.54. The van der Waals surface area contributed by atoms with E-state index in [1.807, 2.05) is 6.92 Å². The zero-order valence-electron chi connectivity index (χ0n) is 18.8. The second kappa shape index (κ2) is 13.4. The van der Waals surface area contributed by atoms with Crippen LogP contribution in [-0.4, -0.2) is 108 Å². The number of likely N-dealkylation sites (N-methyl/N-ethyl adjacent to an activating group) is 1. The van der Waals surface area contributed by atoms with Crippen LogP contribution < -0.4 is 16.8 Å². The number of carbonyl (C=O) groups excluding carboxylic acids is 2. The van der Waals surface area contributed by atoms with E-state index in [0.29, 0.717) is 6.61 Å². The molecule has 14 heteroatoms. The van der Waals surface area contributed by atoms with Gasteiger partial charge in [-0.3, -0.25) is 4.79 Å².